The summed E-state index contributed by atoms with van der Waals surface area (Å²) in [5, 5.41) is 8.94. The molecular weight excluding hydrogens is 279 g/mol. The second kappa shape index (κ2) is 5.31. The molecule has 2 aromatic carbocycles. The van der Waals surface area contributed by atoms with Crippen molar-refractivity contribution in [1.82, 2.24) is 0 Å². The minimum absolute atomic E-state index is 0.148. The van der Waals surface area contributed by atoms with Crippen LogP contribution in [-0.2, 0) is 10.0 Å². The highest BCUT2D eigenvalue weighted by atomic mass is 32.2. The molecule has 102 valence electrons. The van der Waals surface area contributed by atoms with Crippen LogP contribution in [0.2, 0.25) is 0 Å². The Labute approximate surface area is 116 Å². The number of hydrogen-bond donors (Lipinski definition) is 1. The fourth-order valence-corrected chi connectivity index (χ4v) is 3.07. The van der Waals surface area contributed by atoms with Gasteiger partial charge in [-0.3, -0.25) is 4.72 Å². The number of para-hydroxylation sites is 1. The lowest BCUT2D eigenvalue weighted by molar-refractivity contribution is 0.594. The van der Waals surface area contributed by atoms with Crippen molar-refractivity contribution in [3.63, 3.8) is 0 Å². The Kier molecular flexibility index (Phi) is 3.72. The van der Waals surface area contributed by atoms with Gasteiger partial charge in [0.15, 0.2) is 0 Å². The van der Waals surface area contributed by atoms with Crippen LogP contribution in [0.15, 0.2) is 47.4 Å². The predicted octanol–water partition coefficient (Wildman–Crippen LogP) is 2.81. The Morgan fingerprint density at radius 2 is 1.90 bits per heavy atom. The van der Waals surface area contributed by atoms with Crippen molar-refractivity contribution in [3.05, 3.63) is 59.4 Å². The van der Waals surface area contributed by atoms with E-state index in [9.17, 15) is 12.8 Å². The fraction of sp³-hybridized carbons (Fsp3) is 0.0714. The molecule has 0 radical (unpaired) electrons. The smallest absolute Gasteiger partial charge is 0.262 e. The molecule has 0 saturated carbocycles. The summed E-state index contributed by atoms with van der Waals surface area (Å²) in [7, 11) is -3.94. The standard InChI is InChI=1S/C14H11FN2O2S/c1-10-6-7-12(15)8-14(10)20(18,19)17-13-5-3-2-4-11(13)9-16/h2-8,17H,1H3. The monoisotopic (exact) mass is 290 g/mol. The number of nitriles is 1. The summed E-state index contributed by atoms with van der Waals surface area (Å²) < 4.78 is 40.0. The molecule has 2 aromatic rings. The number of nitrogens with zero attached hydrogens (tertiary/aromatic N) is 1. The van der Waals surface area contributed by atoms with Crippen molar-refractivity contribution in [2.75, 3.05) is 4.72 Å². The number of rotatable bonds is 3. The van der Waals surface area contributed by atoms with Gasteiger partial charge in [-0.05, 0) is 36.8 Å². The lowest BCUT2D eigenvalue weighted by atomic mass is 10.2. The Balaban J connectivity index is 2.47. The topological polar surface area (TPSA) is 70.0 Å². The largest absolute Gasteiger partial charge is 0.278 e. The molecule has 2 rings (SSSR count). The van der Waals surface area contributed by atoms with Gasteiger partial charge in [0.05, 0.1) is 16.1 Å². The van der Waals surface area contributed by atoms with E-state index >= 15 is 0 Å². The van der Waals surface area contributed by atoms with E-state index in [4.69, 9.17) is 5.26 Å². The van der Waals surface area contributed by atoms with E-state index < -0.39 is 15.8 Å². The minimum Gasteiger partial charge on any atom is -0.278 e. The third-order valence-corrected chi connectivity index (χ3v) is 4.24. The molecule has 0 aromatic heterocycles. The van der Waals surface area contributed by atoms with E-state index in [-0.39, 0.29) is 16.1 Å². The maximum Gasteiger partial charge on any atom is 0.262 e. The van der Waals surface area contributed by atoms with Gasteiger partial charge in [0.1, 0.15) is 11.9 Å². The molecule has 0 saturated heterocycles. The molecular formula is C14H11FN2O2S. The average Bonchev–Trinajstić information content (AvgIpc) is 2.41. The average molecular weight is 290 g/mol. The zero-order valence-electron chi connectivity index (χ0n) is 10.6. The molecule has 0 atom stereocenters. The van der Waals surface area contributed by atoms with Gasteiger partial charge < -0.3 is 0 Å². The van der Waals surface area contributed by atoms with Crippen LogP contribution in [0.3, 0.4) is 0 Å². The third kappa shape index (κ3) is 2.78. The fourth-order valence-electron chi connectivity index (χ4n) is 1.73. The molecule has 4 nitrogen and oxygen atoms in total. The Hall–Kier alpha value is -2.39. The van der Waals surface area contributed by atoms with Gasteiger partial charge in [-0.2, -0.15) is 5.26 Å². The number of benzene rings is 2. The van der Waals surface area contributed by atoms with Crippen molar-refractivity contribution < 1.29 is 12.8 Å². The number of halogens is 1. The summed E-state index contributed by atoms with van der Waals surface area (Å²) >= 11 is 0. The van der Waals surface area contributed by atoms with Gasteiger partial charge in [-0.15, -0.1) is 0 Å². The molecule has 20 heavy (non-hydrogen) atoms. The summed E-state index contributed by atoms with van der Waals surface area (Å²) in [5.41, 5.74) is 0.789. The predicted molar refractivity (Wildman–Crippen MR) is 73.1 cm³/mol. The molecule has 0 bridgehead atoms. The van der Waals surface area contributed by atoms with E-state index in [0.29, 0.717) is 5.56 Å². The van der Waals surface area contributed by atoms with E-state index in [0.717, 1.165) is 6.07 Å². The SMILES string of the molecule is Cc1ccc(F)cc1S(=O)(=O)Nc1ccccc1C#N. The summed E-state index contributed by atoms with van der Waals surface area (Å²) in [6.07, 6.45) is 0. The Morgan fingerprint density at radius 3 is 2.60 bits per heavy atom. The molecule has 0 fully saturated rings. The van der Waals surface area contributed by atoms with Crippen LogP contribution in [0, 0.1) is 24.1 Å². The zero-order valence-corrected chi connectivity index (χ0v) is 11.4. The van der Waals surface area contributed by atoms with Crippen molar-refractivity contribution in [1.29, 1.82) is 5.26 Å². The molecule has 6 heteroatoms. The van der Waals surface area contributed by atoms with E-state index in [2.05, 4.69) is 4.72 Å². The molecule has 0 aliphatic carbocycles. The Morgan fingerprint density at radius 1 is 1.20 bits per heavy atom. The van der Waals surface area contributed by atoms with Crippen LogP contribution >= 0.6 is 0 Å². The van der Waals surface area contributed by atoms with E-state index in [1.165, 1.54) is 24.3 Å². The van der Waals surface area contributed by atoms with Gasteiger partial charge in [0.25, 0.3) is 10.0 Å². The van der Waals surface area contributed by atoms with Crippen LogP contribution in [0.4, 0.5) is 10.1 Å². The van der Waals surface area contributed by atoms with E-state index in [1.54, 1.807) is 19.1 Å². The number of anilines is 1. The van der Waals surface area contributed by atoms with Gasteiger partial charge >= 0.3 is 0 Å². The molecule has 0 spiro atoms. The number of sulfonamides is 1. The van der Waals surface area contributed by atoms with Crippen LogP contribution in [-0.4, -0.2) is 8.42 Å². The second-order valence-corrected chi connectivity index (χ2v) is 5.82. The highest BCUT2D eigenvalue weighted by molar-refractivity contribution is 7.92. The molecule has 0 unspecified atom stereocenters. The summed E-state index contributed by atoms with van der Waals surface area (Å²) in [6, 6.07) is 11.6. The van der Waals surface area contributed by atoms with Crippen LogP contribution in [0.1, 0.15) is 11.1 Å². The maximum atomic E-state index is 13.2. The number of hydrogen-bond acceptors (Lipinski definition) is 3. The van der Waals surface area contributed by atoms with Crippen molar-refractivity contribution in [3.8, 4) is 6.07 Å². The minimum atomic E-state index is -3.94. The quantitative estimate of drug-likeness (QED) is 0.945. The first-order chi connectivity index (χ1) is 9.44. The highest BCUT2D eigenvalue weighted by Gasteiger charge is 2.19. The molecule has 0 aliphatic heterocycles. The summed E-state index contributed by atoms with van der Waals surface area (Å²) in [4.78, 5) is -0.148. The first-order valence-electron chi connectivity index (χ1n) is 5.72. The van der Waals surface area contributed by atoms with Crippen molar-refractivity contribution >= 4 is 15.7 Å². The van der Waals surface area contributed by atoms with Gasteiger partial charge in [0.2, 0.25) is 0 Å². The van der Waals surface area contributed by atoms with Crippen molar-refractivity contribution in [2.24, 2.45) is 0 Å². The third-order valence-electron chi connectivity index (χ3n) is 2.73. The van der Waals surface area contributed by atoms with Crippen molar-refractivity contribution in [2.45, 2.75) is 11.8 Å². The summed E-state index contributed by atoms with van der Waals surface area (Å²) in [5.74, 6) is -0.635. The molecule has 0 amide bonds. The molecule has 0 heterocycles. The lowest BCUT2D eigenvalue weighted by Gasteiger charge is -2.11. The van der Waals surface area contributed by atoms with Crippen LogP contribution < -0.4 is 4.72 Å². The highest BCUT2D eigenvalue weighted by Crippen LogP contribution is 2.22. The maximum absolute atomic E-state index is 13.2. The zero-order chi connectivity index (χ0) is 14.8. The van der Waals surface area contributed by atoms with E-state index in [1.807, 2.05) is 6.07 Å². The second-order valence-electron chi connectivity index (χ2n) is 4.17. The first kappa shape index (κ1) is 14.0. The first-order valence-corrected chi connectivity index (χ1v) is 7.20. The van der Waals surface area contributed by atoms with Crippen LogP contribution in [0.25, 0.3) is 0 Å². The molecule has 0 aliphatic rings. The normalized spacial score (nSPS) is 10.8. The number of nitrogens with one attached hydrogen (secondary N) is 1. The lowest BCUT2D eigenvalue weighted by Crippen LogP contribution is -2.15. The number of aryl methyl sites for hydroxylation is 1. The Bertz CT molecular complexity index is 795. The van der Waals surface area contributed by atoms with Crippen LogP contribution in [0.5, 0.6) is 0 Å². The van der Waals surface area contributed by atoms with Gasteiger partial charge in [-0.1, -0.05) is 18.2 Å². The molecule has 1 N–H and O–H groups in total. The van der Waals surface area contributed by atoms with Gasteiger partial charge in [0, 0.05) is 0 Å². The van der Waals surface area contributed by atoms with Gasteiger partial charge in [-0.25, -0.2) is 12.8 Å². The summed E-state index contributed by atoms with van der Waals surface area (Å²) in [6.45, 7) is 1.57.